The Morgan fingerprint density at radius 2 is 2.11 bits per heavy atom. The molecule has 0 bridgehead atoms. The molecule has 0 saturated heterocycles. The van der Waals surface area contributed by atoms with Crippen LogP contribution < -0.4 is 10.1 Å². The van der Waals surface area contributed by atoms with E-state index in [4.69, 9.17) is 0 Å². The molecule has 1 atom stereocenters. The van der Waals surface area contributed by atoms with Crippen molar-refractivity contribution in [3.8, 4) is 0 Å². The molecule has 140 valence electrons. The molecule has 0 unspecified atom stereocenters. The zero-order chi connectivity index (χ0) is 19.4. The molecule has 0 saturated carbocycles. The second-order valence-electron chi connectivity index (χ2n) is 5.94. The van der Waals surface area contributed by atoms with Crippen molar-refractivity contribution in [3.05, 3.63) is 47.1 Å². The van der Waals surface area contributed by atoms with E-state index < -0.39 is 11.9 Å². The largest absolute Gasteiger partial charge is 0.544 e. The molecule has 1 amide bonds. The van der Waals surface area contributed by atoms with Crippen molar-refractivity contribution in [2.45, 2.75) is 31.8 Å². The molecule has 27 heavy (non-hydrogen) atoms. The number of rotatable bonds is 7. The van der Waals surface area contributed by atoms with Crippen LogP contribution in [0.1, 0.15) is 26.1 Å². The molecule has 2 aromatic rings. The Balaban J connectivity index is 1.82. The molecule has 1 N–H and O–H groups in total. The van der Waals surface area contributed by atoms with Gasteiger partial charge < -0.3 is 9.90 Å². The molecule has 1 aromatic heterocycles. The number of amides is 1. The van der Waals surface area contributed by atoms with Gasteiger partial charge in [0.15, 0.2) is 0 Å². The summed E-state index contributed by atoms with van der Waals surface area (Å²) < 4.78 is 0. The van der Waals surface area contributed by atoms with Gasteiger partial charge in [0, 0.05) is 11.3 Å². The maximum absolute atomic E-state index is 12.7. The number of thioether (sulfide) groups is 1. The van der Waals surface area contributed by atoms with Gasteiger partial charge in [-0.3, -0.25) is 9.89 Å². The summed E-state index contributed by atoms with van der Waals surface area (Å²) in [6, 6.07) is 8.97. The molecule has 9 heteroatoms. The maximum atomic E-state index is 12.7. The van der Waals surface area contributed by atoms with Gasteiger partial charge in [-0.15, -0.1) is 5.10 Å². The Labute approximate surface area is 160 Å². The number of carboxylic acids is 1. The lowest BCUT2D eigenvalue weighted by Gasteiger charge is -2.13. The van der Waals surface area contributed by atoms with Gasteiger partial charge in [-0.2, -0.15) is 10.1 Å². The minimum absolute atomic E-state index is 0.125. The fourth-order valence-corrected chi connectivity index (χ4v) is 3.32. The SMILES string of the molecule is CCCc1nc(S/C(=C\[C@@H]2C(=O)N(c3ccccc3)N=C2C)C(=O)[O-])n[nH]1. The van der Waals surface area contributed by atoms with E-state index in [0.717, 1.165) is 24.6 Å². The number of aromatic amines is 1. The van der Waals surface area contributed by atoms with E-state index >= 15 is 0 Å². The van der Waals surface area contributed by atoms with Crippen LogP contribution in [0.2, 0.25) is 0 Å². The lowest BCUT2D eigenvalue weighted by atomic mass is 10.0. The lowest BCUT2D eigenvalue weighted by Crippen LogP contribution is -2.28. The van der Waals surface area contributed by atoms with Gasteiger partial charge >= 0.3 is 0 Å². The first kappa shape index (κ1) is 18.8. The van der Waals surface area contributed by atoms with Crippen molar-refractivity contribution in [1.82, 2.24) is 15.2 Å². The predicted octanol–water partition coefficient (Wildman–Crippen LogP) is 1.52. The van der Waals surface area contributed by atoms with Crippen LogP contribution in [0.3, 0.4) is 0 Å². The highest BCUT2D eigenvalue weighted by Gasteiger charge is 2.33. The summed E-state index contributed by atoms with van der Waals surface area (Å²) in [4.78, 5) is 28.4. The van der Waals surface area contributed by atoms with Crippen LogP contribution in [-0.2, 0) is 16.0 Å². The summed E-state index contributed by atoms with van der Waals surface area (Å²) in [5.74, 6) is -1.80. The number of para-hydroxylation sites is 1. The fourth-order valence-electron chi connectivity index (χ4n) is 2.59. The highest BCUT2D eigenvalue weighted by Crippen LogP contribution is 2.29. The summed E-state index contributed by atoms with van der Waals surface area (Å²) in [5.41, 5.74) is 1.13. The Morgan fingerprint density at radius 1 is 1.37 bits per heavy atom. The van der Waals surface area contributed by atoms with Crippen LogP contribution >= 0.6 is 11.8 Å². The Morgan fingerprint density at radius 3 is 2.78 bits per heavy atom. The third kappa shape index (κ3) is 4.25. The van der Waals surface area contributed by atoms with Gasteiger partial charge in [0.25, 0.3) is 5.91 Å². The third-order valence-corrected chi connectivity index (χ3v) is 4.79. The predicted molar refractivity (Wildman–Crippen MR) is 99.9 cm³/mol. The Hall–Kier alpha value is -2.94. The molecular formula is C18H18N5O3S-. The first-order chi connectivity index (χ1) is 13.0. The minimum Gasteiger partial charge on any atom is -0.544 e. The van der Waals surface area contributed by atoms with Gasteiger partial charge in [0.1, 0.15) is 5.82 Å². The van der Waals surface area contributed by atoms with Crippen molar-refractivity contribution in [1.29, 1.82) is 0 Å². The Bertz CT molecular complexity index is 907. The number of H-pyrrole nitrogens is 1. The van der Waals surface area contributed by atoms with Crippen molar-refractivity contribution >= 4 is 35.0 Å². The molecule has 0 aliphatic carbocycles. The number of aromatic nitrogens is 3. The van der Waals surface area contributed by atoms with Gasteiger partial charge in [-0.05, 0) is 37.2 Å². The van der Waals surface area contributed by atoms with Crippen molar-refractivity contribution in [3.63, 3.8) is 0 Å². The number of carbonyl (C=O) groups is 2. The number of carbonyl (C=O) groups excluding carboxylic acids is 2. The van der Waals surface area contributed by atoms with Gasteiger partial charge in [0.05, 0.1) is 23.3 Å². The summed E-state index contributed by atoms with van der Waals surface area (Å²) >= 11 is 0.851. The number of hydrogen-bond acceptors (Lipinski definition) is 7. The lowest BCUT2D eigenvalue weighted by molar-refractivity contribution is -0.298. The standard InChI is InChI=1S/C18H19N5O3S/c1-3-7-15-19-18(21-20-15)27-14(17(25)26)10-13-11(2)22-23(16(13)24)12-8-5-4-6-9-12/h4-6,8-10,13H,3,7H2,1-2H3,(H,25,26)(H,19,20,21)/p-1/b14-10-/t13-/m0/s1. The average Bonchev–Trinajstić information content (AvgIpc) is 3.21. The normalized spacial score (nSPS) is 17.3. The molecule has 8 nitrogen and oxygen atoms in total. The van der Waals surface area contributed by atoms with Crippen molar-refractivity contribution < 1.29 is 14.7 Å². The molecule has 0 fully saturated rings. The van der Waals surface area contributed by atoms with Crippen LogP contribution in [0.15, 0.2) is 51.6 Å². The maximum Gasteiger partial charge on any atom is 0.260 e. The van der Waals surface area contributed by atoms with E-state index in [1.54, 1.807) is 31.2 Å². The van der Waals surface area contributed by atoms with Crippen LogP contribution in [0, 0.1) is 5.92 Å². The molecule has 3 rings (SSSR count). The van der Waals surface area contributed by atoms with Gasteiger partial charge in [-0.25, -0.2) is 4.98 Å². The second-order valence-corrected chi connectivity index (χ2v) is 6.95. The van der Waals surface area contributed by atoms with Crippen LogP contribution in [0.25, 0.3) is 0 Å². The topological polar surface area (TPSA) is 114 Å². The smallest absolute Gasteiger partial charge is 0.260 e. The molecule has 1 aromatic carbocycles. The number of hydrazone groups is 1. The Kier molecular flexibility index (Phi) is 5.70. The van der Waals surface area contributed by atoms with E-state index in [0.29, 0.717) is 17.2 Å². The van der Waals surface area contributed by atoms with Crippen LogP contribution in [-0.4, -0.2) is 32.8 Å². The minimum atomic E-state index is -1.39. The number of hydrogen-bond donors (Lipinski definition) is 1. The van der Waals surface area contributed by atoms with E-state index in [9.17, 15) is 14.7 Å². The number of carboxylic acid groups (broad SMARTS) is 1. The summed E-state index contributed by atoms with van der Waals surface area (Å²) in [5, 5.41) is 24.1. The summed E-state index contributed by atoms with van der Waals surface area (Å²) in [6.45, 7) is 3.69. The van der Waals surface area contributed by atoms with E-state index in [1.807, 2.05) is 13.0 Å². The number of anilines is 1. The van der Waals surface area contributed by atoms with Crippen LogP contribution in [0.5, 0.6) is 0 Å². The zero-order valence-corrected chi connectivity index (χ0v) is 15.7. The quantitative estimate of drug-likeness (QED) is 0.572. The number of aryl methyl sites for hydroxylation is 1. The molecule has 1 aliphatic rings. The van der Waals surface area contributed by atoms with Crippen LogP contribution in [0.4, 0.5) is 5.69 Å². The van der Waals surface area contributed by atoms with E-state index in [-0.39, 0.29) is 16.0 Å². The van der Waals surface area contributed by atoms with E-state index in [2.05, 4.69) is 20.3 Å². The monoisotopic (exact) mass is 384 g/mol. The molecular weight excluding hydrogens is 366 g/mol. The number of benzene rings is 1. The van der Waals surface area contributed by atoms with E-state index in [1.165, 1.54) is 11.1 Å². The second kappa shape index (κ2) is 8.17. The van der Waals surface area contributed by atoms with Crippen molar-refractivity contribution in [2.24, 2.45) is 11.0 Å². The third-order valence-electron chi connectivity index (χ3n) is 3.90. The van der Waals surface area contributed by atoms with Gasteiger partial charge in [0.2, 0.25) is 5.16 Å². The fraction of sp³-hybridized carbons (Fsp3) is 0.278. The molecule has 2 heterocycles. The van der Waals surface area contributed by atoms with Crippen molar-refractivity contribution in [2.75, 3.05) is 5.01 Å². The first-order valence-corrected chi connectivity index (χ1v) is 9.27. The number of nitrogens with one attached hydrogen (secondary N) is 1. The zero-order valence-electron chi connectivity index (χ0n) is 14.9. The van der Waals surface area contributed by atoms with Gasteiger partial charge in [-0.1, -0.05) is 31.2 Å². The molecule has 0 spiro atoms. The highest BCUT2D eigenvalue weighted by molar-refractivity contribution is 8.03. The number of aliphatic carboxylic acids is 1. The first-order valence-electron chi connectivity index (χ1n) is 8.46. The number of nitrogens with zero attached hydrogens (tertiary/aromatic N) is 4. The average molecular weight is 384 g/mol. The highest BCUT2D eigenvalue weighted by atomic mass is 32.2. The summed E-state index contributed by atoms with van der Waals surface area (Å²) in [6.07, 6.45) is 2.96. The molecule has 1 aliphatic heterocycles. The molecule has 0 radical (unpaired) electrons. The summed E-state index contributed by atoms with van der Waals surface area (Å²) in [7, 11) is 0.